The molecule has 0 saturated heterocycles. The summed E-state index contributed by atoms with van der Waals surface area (Å²) in [7, 11) is 0. The minimum Gasteiger partial charge on any atom is -0.479 e. The van der Waals surface area contributed by atoms with Crippen molar-refractivity contribution in [2.75, 3.05) is 6.54 Å². The Labute approximate surface area is 121 Å². The maximum Gasteiger partial charge on any atom is 0.331 e. The van der Waals surface area contributed by atoms with Crippen molar-refractivity contribution < 1.29 is 14.7 Å². The molecule has 1 aliphatic heterocycles. The molecule has 20 heavy (non-hydrogen) atoms. The minimum atomic E-state index is -0.927. The molecule has 1 amide bonds. The van der Waals surface area contributed by atoms with Crippen molar-refractivity contribution in [1.29, 1.82) is 0 Å². The Kier molecular flexibility index (Phi) is 3.61. The van der Waals surface area contributed by atoms with Crippen LogP contribution in [0.2, 0.25) is 0 Å². The number of carboxylic acid groups (broad SMARTS) is 1. The molecule has 1 N–H and O–H groups in total. The van der Waals surface area contributed by atoms with E-state index < -0.39 is 12.0 Å². The molecule has 0 spiro atoms. The second-order valence-corrected chi connectivity index (χ2v) is 6.30. The highest BCUT2D eigenvalue weighted by molar-refractivity contribution is 7.10. The second kappa shape index (κ2) is 5.40. The molecule has 0 bridgehead atoms. The Bertz CT molecular complexity index is 563. The number of hydrogen-bond donors (Lipinski definition) is 1. The van der Waals surface area contributed by atoms with Gasteiger partial charge in [0.25, 0.3) is 0 Å². The third-order valence-corrected chi connectivity index (χ3v) is 5.10. The number of carboxylic acids is 1. The normalized spacial score (nSPS) is 25.3. The second-order valence-electron chi connectivity index (χ2n) is 5.30. The molecule has 2 heterocycles. The number of allylic oxidation sites excluding steroid dienone is 2. The highest BCUT2D eigenvalue weighted by Gasteiger charge is 2.38. The molecular weight excluding hydrogens is 274 g/mol. The van der Waals surface area contributed by atoms with E-state index in [1.54, 1.807) is 16.2 Å². The fourth-order valence-corrected chi connectivity index (χ4v) is 3.98. The van der Waals surface area contributed by atoms with Crippen LogP contribution in [-0.4, -0.2) is 28.4 Å². The van der Waals surface area contributed by atoms with E-state index in [1.165, 1.54) is 0 Å². The summed E-state index contributed by atoms with van der Waals surface area (Å²) in [5, 5.41) is 11.4. The lowest BCUT2D eigenvalue weighted by Crippen LogP contribution is -2.45. The molecule has 0 aromatic carbocycles. The van der Waals surface area contributed by atoms with Gasteiger partial charge in [0.15, 0.2) is 6.04 Å². The van der Waals surface area contributed by atoms with E-state index in [2.05, 4.69) is 6.08 Å². The monoisotopic (exact) mass is 291 g/mol. The van der Waals surface area contributed by atoms with E-state index >= 15 is 0 Å². The predicted molar refractivity (Wildman–Crippen MR) is 76.6 cm³/mol. The van der Waals surface area contributed by atoms with Crippen LogP contribution < -0.4 is 0 Å². The summed E-state index contributed by atoms with van der Waals surface area (Å²) in [4.78, 5) is 26.9. The molecule has 0 saturated carbocycles. The standard InChI is InChI=1S/C15H17NO3S/c17-14(10-4-2-1-3-5-10)16-8-6-12-11(7-9-20-12)13(16)15(18)19/h1-2,7,9-10,13H,3-6,8H2,(H,18,19). The number of rotatable bonds is 2. The van der Waals surface area contributed by atoms with Crippen LogP contribution in [0.1, 0.15) is 35.7 Å². The number of amides is 1. The van der Waals surface area contributed by atoms with Crippen molar-refractivity contribution in [3.05, 3.63) is 34.0 Å². The smallest absolute Gasteiger partial charge is 0.331 e. The van der Waals surface area contributed by atoms with E-state index in [4.69, 9.17) is 0 Å². The zero-order valence-electron chi connectivity index (χ0n) is 11.1. The van der Waals surface area contributed by atoms with Gasteiger partial charge < -0.3 is 10.0 Å². The number of hydrogen-bond acceptors (Lipinski definition) is 3. The van der Waals surface area contributed by atoms with Crippen LogP contribution >= 0.6 is 11.3 Å². The Morgan fingerprint density at radius 1 is 1.35 bits per heavy atom. The van der Waals surface area contributed by atoms with Gasteiger partial charge in [0.1, 0.15) is 0 Å². The van der Waals surface area contributed by atoms with E-state index in [1.807, 2.05) is 17.5 Å². The summed E-state index contributed by atoms with van der Waals surface area (Å²) in [5.41, 5.74) is 0.799. The summed E-state index contributed by atoms with van der Waals surface area (Å²) in [6.45, 7) is 0.517. The summed E-state index contributed by atoms with van der Waals surface area (Å²) in [6.07, 6.45) is 7.36. The SMILES string of the molecule is O=C(O)C1c2ccsc2CCN1C(=O)C1CC=CCC1. The van der Waals surface area contributed by atoms with Gasteiger partial charge in [0.2, 0.25) is 5.91 Å². The third-order valence-electron chi connectivity index (χ3n) is 4.10. The van der Waals surface area contributed by atoms with Crippen LogP contribution in [0.3, 0.4) is 0 Å². The van der Waals surface area contributed by atoms with Crippen molar-refractivity contribution in [3.8, 4) is 0 Å². The molecule has 2 aliphatic rings. The first-order valence-electron chi connectivity index (χ1n) is 6.93. The van der Waals surface area contributed by atoms with Gasteiger partial charge in [-0.1, -0.05) is 12.2 Å². The first-order valence-corrected chi connectivity index (χ1v) is 7.81. The van der Waals surface area contributed by atoms with Gasteiger partial charge in [0.05, 0.1) is 0 Å². The molecule has 106 valence electrons. The topological polar surface area (TPSA) is 57.6 Å². The van der Waals surface area contributed by atoms with Crippen LogP contribution in [0.15, 0.2) is 23.6 Å². The maximum absolute atomic E-state index is 12.6. The Hall–Kier alpha value is -1.62. The van der Waals surface area contributed by atoms with E-state index in [0.717, 1.165) is 36.1 Å². The quantitative estimate of drug-likeness (QED) is 0.852. The van der Waals surface area contributed by atoms with Gasteiger partial charge in [-0.2, -0.15) is 0 Å². The summed E-state index contributed by atoms with van der Waals surface area (Å²) < 4.78 is 0. The molecule has 1 aliphatic carbocycles. The number of nitrogens with zero attached hydrogens (tertiary/aromatic N) is 1. The highest BCUT2D eigenvalue weighted by Crippen LogP contribution is 2.35. The Morgan fingerprint density at radius 2 is 2.20 bits per heavy atom. The lowest BCUT2D eigenvalue weighted by atomic mass is 9.90. The molecule has 2 unspecified atom stereocenters. The van der Waals surface area contributed by atoms with Gasteiger partial charge in [-0.15, -0.1) is 11.3 Å². The van der Waals surface area contributed by atoms with Crippen LogP contribution in [0, 0.1) is 5.92 Å². The van der Waals surface area contributed by atoms with Gasteiger partial charge in [0, 0.05) is 17.3 Å². The van der Waals surface area contributed by atoms with Crippen molar-refractivity contribution in [1.82, 2.24) is 4.90 Å². The van der Waals surface area contributed by atoms with Gasteiger partial charge in [-0.25, -0.2) is 4.79 Å². The predicted octanol–water partition coefficient (Wildman–Crippen LogP) is 2.61. The lowest BCUT2D eigenvalue weighted by molar-refractivity contribution is -0.153. The number of fused-ring (bicyclic) bond motifs is 1. The lowest BCUT2D eigenvalue weighted by Gasteiger charge is -2.35. The zero-order chi connectivity index (χ0) is 14.1. The maximum atomic E-state index is 12.6. The summed E-state index contributed by atoms with van der Waals surface area (Å²) in [5.74, 6) is -0.982. The van der Waals surface area contributed by atoms with Crippen molar-refractivity contribution >= 4 is 23.2 Å². The molecule has 5 heteroatoms. The van der Waals surface area contributed by atoms with E-state index in [0.29, 0.717) is 6.54 Å². The fraction of sp³-hybridized carbons (Fsp3) is 0.467. The van der Waals surface area contributed by atoms with Crippen molar-refractivity contribution in [3.63, 3.8) is 0 Å². The first kappa shape index (κ1) is 13.4. The summed E-state index contributed by atoms with van der Waals surface area (Å²) in [6, 6.07) is 1.04. The molecular formula is C15H17NO3S. The molecule has 1 aromatic rings. The molecule has 1 aromatic heterocycles. The minimum absolute atomic E-state index is 0.00130. The Morgan fingerprint density at radius 3 is 2.90 bits per heavy atom. The molecule has 3 rings (SSSR count). The number of aliphatic carboxylic acids is 1. The summed E-state index contributed by atoms with van der Waals surface area (Å²) >= 11 is 1.58. The van der Waals surface area contributed by atoms with Crippen molar-refractivity contribution in [2.45, 2.75) is 31.7 Å². The van der Waals surface area contributed by atoms with Crippen LogP contribution in [-0.2, 0) is 16.0 Å². The molecule has 4 nitrogen and oxygen atoms in total. The van der Waals surface area contributed by atoms with E-state index in [9.17, 15) is 14.7 Å². The number of thiophene rings is 1. The van der Waals surface area contributed by atoms with Crippen LogP contribution in [0.25, 0.3) is 0 Å². The van der Waals surface area contributed by atoms with E-state index in [-0.39, 0.29) is 11.8 Å². The third kappa shape index (κ3) is 2.26. The van der Waals surface area contributed by atoms with Crippen LogP contribution in [0.5, 0.6) is 0 Å². The van der Waals surface area contributed by atoms with Crippen molar-refractivity contribution in [2.24, 2.45) is 5.92 Å². The molecule has 0 fully saturated rings. The number of carbonyl (C=O) groups is 2. The molecule has 2 atom stereocenters. The highest BCUT2D eigenvalue weighted by atomic mass is 32.1. The fourth-order valence-electron chi connectivity index (χ4n) is 3.07. The van der Waals surface area contributed by atoms with Gasteiger partial charge in [-0.3, -0.25) is 4.79 Å². The van der Waals surface area contributed by atoms with Crippen LogP contribution in [0.4, 0.5) is 0 Å². The van der Waals surface area contributed by atoms with Gasteiger partial charge >= 0.3 is 5.97 Å². The number of carbonyl (C=O) groups excluding carboxylic acids is 1. The zero-order valence-corrected chi connectivity index (χ0v) is 11.9. The molecule has 0 radical (unpaired) electrons. The Balaban J connectivity index is 1.87. The van der Waals surface area contributed by atoms with Gasteiger partial charge in [-0.05, 0) is 42.7 Å². The average molecular weight is 291 g/mol. The first-order chi connectivity index (χ1) is 9.68. The average Bonchev–Trinajstić information content (AvgIpc) is 2.94. The largest absolute Gasteiger partial charge is 0.479 e.